The highest BCUT2D eigenvalue weighted by Crippen LogP contribution is 2.14. The van der Waals surface area contributed by atoms with E-state index in [0.29, 0.717) is 0 Å². The normalized spacial score (nSPS) is 13.9. The number of aromatic amines is 1. The van der Waals surface area contributed by atoms with Crippen molar-refractivity contribution < 1.29 is 23.9 Å². The Morgan fingerprint density at radius 3 is 2.91 bits per heavy atom. The van der Waals surface area contributed by atoms with Gasteiger partial charge < -0.3 is 14.5 Å². The van der Waals surface area contributed by atoms with Crippen LogP contribution in [-0.4, -0.2) is 58.9 Å². The molecular formula is C12H13N3O6S. The minimum atomic E-state index is -0.675. The largest absolute Gasteiger partial charge is 0.469 e. The molecule has 1 aromatic heterocycles. The second kappa shape index (κ2) is 7.07. The zero-order valence-electron chi connectivity index (χ0n) is 11.7. The summed E-state index contributed by atoms with van der Waals surface area (Å²) in [6, 6.07) is 1.18. The number of thioether (sulfide) groups is 1. The average Bonchev–Trinajstić information content (AvgIpc) is 2.90. The summed E-state index contributed by atoms with van der Waals surface area (Å²) in [5.74, 6) is -1.04. The van der Waals surface area contributed by atoms with Crippen molar-refractivity contribution >= 4 is 29.7 Å². The van der Waals surface area contributed by atoms with Gasteiger partial charge in [0, 0.05) is 6.07 Å². The number of carbonyl (C=O) groups is 3. The van der Waals surface area contributed by atoms with Gasteiger partial charge in [0.1, 0.15) is 6.61 Å². The summed E-state index contributed by atoms with van der Waals surface area (Å²) in [6.07, 6.45) is -0.813. The summed E-state index contributed by atoms with van der Waals surface area (Å²) in [7, 11) is 1.24. The topological polar surface area (TPSA) is 119 Å². The van der Waals surface area contributed by atoms with Crippen LogP contribution < -0.4 is 5.56 Å². The van der Waals surface area contributed by atoms with Crippen molar-refractivity contribution in [2.45, 2.75) is 11.6 Å². The highest BCUT2D eigenvalue weighted by molar-refractivity contribution is 7.99. The Balaban J connectivity index is 2.00. The van der Waals surface area contributed by atoms with Gasteiger partial charge in [0.25, 0.3) is 5.56 Å². The third-order valence-corrected chi connectivity index (χ3v) is 3.58. The third kappa shape index (κ3) is 4.07. The van der Waals surface area contributed by atoms with Crippen molar-refractivity contribution in [3.8, 4) is 0 Å². The Morgan fingerprint density at radius 1 is 1.50 bits per heavy atom. The fourth-order valence-electron chi connectivity index (χ4n) is 1.69. The first-order valence-corrected chi connectivity index (χ1v) is 7.25. The first kappa shape index (κ1) is 16.0. The van der Waals surface area contributed by atoms with Gasteiger partial charge in [0.05, 0.1) is 31.5 Å². The van der Waals surface area contributed by atoms with Crippen molar-refractivity contribution in [1.82, 2.24) is 14.9 Å². The first-order chi connectivity index (χ1) is 10.5. The molecule has 1 aliphatic rings. The van der Waals surface area contributed by atoms with E-state index in [-0.39, 0.29) is 36.2 Å². The van der Waals surface area contributed by atoms with Gasteiger partial charge in [-0.2, -0.15) is 0 Å². The van der Waals surface area contributed by atoms with E-state index in [4.69, 9.17) is 0 Å². The fraction of sp³-hybridized carbons (Fsp3) is 0.417. The second-order valence-corrected chi connectivity index (χ2v) is 5.21. The minimum Gasteiger partial charge on any atom is -0.469 e. The smallest absolute Gasteiger partial charge is 0.416 e. The van der Waals surface area contributed by atoms with Gasteiger partial charge >= 0.3 is 12.1 Å². The highest BCUT2D eigenvalue weighted by atomic mass is 32.2. The summed E-state index contributed by atoms with van der Waals surface area (Å²) < 4.78 is 9.17. The maximum Gasteiger partial charge on any atom is 0.416 e. The van der Waals surface area contributed by atoms with Crippen LogP contribution in [0.1, 0.15) is 5.69 Å². The molecule has 1 N–H and O–H groups in total. The van der Waals surface area contributed by atoms with Crippen LogP contribution >= 0.6 is 11.8 Å². The number of imide groups is 1. The number of cyclic esters (lactones) is 1. The van der Waals surface area contributed by atoms with E-state index in [1.165, 1.54) is 13.2 Å². The molecule has 0 atom stereocenters. The zero-order valence-corrected chi connectivity index (χ0v) is 12.5. The zero-order chi connectivity index (χ0) is 16.1. The van der Waals surface area contributed by atoms with Crippen LogP contribution in [0.5, 0.6) is 0 Å². The molecule has 0 bridgehead atoms. The summed E-state index contributed by atoms with van der Waals surface area (Å²) in [6.45, 7) is 0.392. The van der Waals surface area contributed by atoms with Crippen LogP contribution in [0.15, 0.2) is 16.0 Å². The number of esters is 1. The molecule has 2 heterocycles. The standard InChI is InChI=1S/C12H13N3O6S/c1-20-10(18)5-7-4-8(16)14-11(13-7)22-6-9(17)15-2-3-21-12(15)19/h4H,2-3,5-6H2,1H3,(H,13,14,16). The van der Waals surface area contributed by atoms with E-state index in [9.17, 15) is 19.2 Å². The molecule has 10 heteroatoms. The van der Waals surface area contributed by atoms with E-state index in [0.717, 1.165) is 16.7 Å². The molecule has 0 spiro atoms. The van der Waals surface area contributed by atoms with Crippen LogP contribution in [0.2, 0.25) is 0 Å². The summed E-state index contributed by atoms with van der Waals surface area (Å²) in [4.78, 5) is 53.3. The highest BCUT2D eigenvalue weighted by Gasteiger charge is 2.28. The van der Waals surface area contributed by atoms with Crippen molar-refractivity contribution in [2.75, 3.05) is 26.0 Å². The molecule has 2 rings (SSSR count). The number of aromatic nitrogens is 2. The van der Waals surface area contributed by atoms with Gasteiger partial charge in [-0.15, -0.1) is 0 Å². The second-order valence-electron chi connectivity index (χ2n) is 4.24. The molecule has 2 amide bonds. The molecule has 1 fully saturated rings. The molecule has 0 radical (unpaired) electrons. The number of hydrogen-bond acceptors (Lipinski definition) is 8. The number of rotatable bonds is 5. The Kier molecular flexibility index (Phi) is 5.15. The van der Waals surface area contributed by atoms with Crippen LogP contribution in [0, 0.1) is 0 Å². The van der Waals surface area contributed by atoms with Crippen LogP contribution in [-0.2, 0) is 25.5 Å². The number of methoxy groups -OCH3 is 1. The monoisotopic (exact) mass is 327 g/mol. The number of nitrogens with one attached hydrogen (secondary N) is 1. The van der Waals surface area contributed by atoms with Crippen molar-refractivity contribution in [3.05, 3.63) is 22.1 Å². The number of hydrogen-bond donors (Lipinski definition) is 1. The van der Waals surface area contributed by atoms with Crippen LogP contribution in [0.25, 0.3) is 0 Å². The molecule has 22 heavy (non-hydrogen) atoms. The van der Waals surface area contributed by atoms with Gasteiger partial charge in [0.15, 0.2) is 5.16 Å². The predicted octanol–water partition coefficient (Wildman–Crippen LogP) is -0.444. The molecule has 1 aliphatic heterocycles. The maximum absolute atomic E-state index is 11.8. The number of nitrogens with zero attached hydrogens (tertiary/aromatic N) is 2. The van der Waals surface area contributed by atoms with Gasteiger partial charge in [-0.3, -0.25) is 14.4 Å². The molecule has 0 unspecified atom stereocenters. The Morgan fingerprint density at radius 2 is 2.27 bits per heavy atom. The van der Waals surface area contributed by atoms with E-state index < -0.39 is 23.5 Å². The van der Waals surface area contributed by atoms with E-state index in [2.05, 4.69) is 19.4 Å². The quantitative estimate of drug-likeness (QED) is 0.439. The SMILES string of the molecule is COC(=O)Cc1cc(=O)[nH]c(SCC(=O)N2CCOC2=O)n1. The van der Waals surface area contributed by atoms with Gasteiger partial charge in [-0.05, 0) is 0 Å². The van der Waals surface area contributed by atoms with Crippen LogP contribution in [0.4, 0.5) is 4.79 Å². The van der Waals surface area contributed by atoms with E-state index >= 15 is 0 Å². The number of ether oxygens (including phenoxy) is 2. The molecule has 0 aromatic carbocycles. The molecule has 1 saturated heterocycles. The van der Waals surface area contributed by atoms with Crippen molar-refractivity contribution in [1.29, 1.82) is 0 Å². The van der Waals surface area contributed by atoms with E-state index in [1.807, 2.05) is 0 Å². The van der Waals surface area contributed by atoms with Crippen LogP contribution in [0.3, 0.4) is 0 Å². The fourth-order valence-corrected chi connectivity index (χ4v) is 2.46. The molecule has 9 nitrogen and oxygen atoms in total. The Hall–Kier alpha value is -2.36. The predicted molar refractivity (Wildman–Crippen MR) is 74.4 cm³/mol. The number of amides is 2. The molecular weight excluding hydrogens is 314 g/mol. The lowest BCUT2D eigenvalue weighted by Gasteiger charge is -2.09. The van der Waals surface area contributed by atoms with Gasteiger partial charge in [-0.1, -0.05) is 11.8 Å². The third-order valence-electron chi connectivity index (χ3n) is 2.72. The molecule has 118 valence electrons. The molecule has 0 saturated carbocycles. The molecule has 1 aromatic rings. The average molecular weight is 327 g/mol. The summed E-state index contributed by atoms with van der Waals surface area (Å²) >= 11 is 0.963. The van der Waals surface area contributed by atoms with Gasteiger partial charge in [-0.25, -0.2) is 14.7 Å². The van der Waals surface area contributed by atoms with Crippen molar-refractivity contribution in [2.24, 2.45) is 0 Å². The lowest BCUT2D eigenvalue weighted by atomic mass is 10.3. The molecule has 0 aliphatic carbocycles. The van der Waals surface area contributed by atoms with Crippen molar-refractivity contribution in [3.63, 3.8) is 0 Å². The Bertz CT molecular complexity index is 659. The van der Waals surface area contributed by atoms with E-state index in [1.54, 1.807) is 0 Å². The first-order valence-electron chi connectivity index (χ1n) is 6.26. The number of H-pyrrole nitrogens is 1. The van der Waals surface area contributed by atoms with Gasteiger partial charge in [0.2, 0.25) is 5.91 Å². The Labute approximate surface area is 129 Å². The minimum absolute atomic E-state index is 0.0836. The summed E-state index contributed by atoms with van der Waals surface area (Å²) in [5.41, 5.74) is -0.199. The number of carbonyl (C=O) groups excluding carboxylic acids is 3. The summed E-state index contributed by atoms with van der Waals surface area (Å²) in [5, 5.41) is 0.187. The maximum atomic E-state index is 11.8. The lowest BCUT2D eigenvalue weighted by molar-refractivity contribution is -0.139. The lowest BCUT2D eigenvalue weighted by Crippen LogP contribution is -2.33.